The Morgan fingerprint density at radius 2 is 2.00 bits per heavy atom. The molecular formula is C8H9NO5S. The molecular weight excluding hydrogens is 222 g/mol. The van der Waals surface area contributed by atoms with E-state index in [0.717, 1.165) is 18.4 Å². The summed E-state index contributed by atoms with van der Waals surface area (Å²) in [6.45, 7) is 0. The maximum Gasteiger partial charge on any atom is 0.288 e. The van der Waals surface area contributed by atoms with Gasteiger partial charge in [-0.05, 0) is 6.07 Å². The van der Waals surface area contributed by atoms with Crippen molar-refractivity contribution in [3.63, 3.8) is 0 Å². The van der Waals surface area contributed by atoms with Crippen LogP contribution in [0, 0.1) is 10.1 Å². The van der Waals surface area contributed by atoms with Crippen LogP contribution in [0.5, 0.6) is 5.75 Å². The Bertz CT molecular complexity index is 494. The molecule has 0 aliphatic rings. The van der Waals surface area contributed by atoms with Crippen molar-refractivity contribution in [2.24, 2.45) is 0 Å². The van der Waals surface area contributed by atoms with Crippen molar-refractivity contribution < 1.29 is 18.1 Å². The fraction of sp³-hybridized carbons (Fsp3) is 0.250. The van der Waals surface area contributed by atoms with Crippen LogP contribution in [0.15, 0.2) is 23.1 Å². The Kier molecular flexibility index (Phi) is 2.94. The lowest BCUT2D eigenvalue weighted by atomic mass is 10.3. The van der Waals surface area contributed by atoms with E-state index < -0.39 is 20.4 Å². The molecule has 0 radical (unpaired) electrons. The van der Waals surface area contributed by atoms with Gasteiger partial charge in [-0.3, -0.25) is 10.1 Å². The molecule has 0 unspecified atom stereocenters. The zero-order valence-corrected chi connectivity index (χ0v) is 8.95. The van der Waals surface area contributed by atoms with Crippen LogP contribution in [0.2, 0.25) is 0 Å². The van der Waals surface area contributed by atoms with Crippen LogP contribution in [-0.2, 0) is 9.84 Å². The molecule has 82 valence electrons. The maximum absolute atomic E-state index is 11.3. The van der Waals surface area contributed by atoms with Crippen molar-refractivity contribution in [3.8, 4) is 5.75 Å². The lowest BCUT2D eigenvalue weighted by Gasteiger charge is -2.03. The fourth-order valence-corrected chi connectivity index (χ4v) is 1.92. The zero-order valence-electron chi connectivity index (χ0n) is 8.13. The van der Waals surface area contributed by atoms with Crippen LogP contribution in [0.4, 0.5) is 5.69 Å². The highest BCUT2D eigenvalue weighted by atomic mass is 32.2. The van der Waals surface area contributed by atoms with Gasteiger partial charge in [0.2, 0.25) is 0 Å². The van der Waals surface area contributed by atoms with Crippen LogP contribution in [0.1, 0.15) is 0 Å². The van der Waals surface area contributed by atoms with Gasteiger partial charge in [0.05, 0.1) is 12.0 Å². The molecule has 1 aromatic rings. The predicted molar refractivity (Wildman–Crippen MR) is 52.8 cm³/mol. The number of nitro benzene ring substituents is 1. The van der Waals surface area contributed by atoms with E-state index in [1.54, 1.807) is 0 Å². The van der Waals surface area contributed by atoms with Gasteiger partial charge in [-0.1, -0.05) is 0 Å². The number of rotatable bonds is 3. The predicted octanol–water partition coefficient (Wildman–Crippen LogP) is 1.01. The van der Waals surface area contributed by atoms with Gasteiger partial charge in [0.1, 0.15) is 10.6 Å². The summed E-state index contributed by atoms with van der Waals surface area (Å²) in [5, 5.41) is 10.6. The molecule has 0 spiro atoms. The molecule has 0 bridgehead atoms. The number of hydrogen-bond donors (Lipinski definition) is 0. The van der Waals surface area contributed by atoms with E-state index in [9.17, 15) is 18.5 Å². The van der Waals surface area contributed by atoms with E-state index in [4.69, 9.17) is 4.74 Å². The molecule has 15 heavy (non-hydrogen) atoms. The maximum atomic E-state index is 11.3. The first-order chi connectivity index (χ1) is 6.86. The van der Waals surface area contributed by atoms with E-state index in [0.29, 0.717) is 0 Å². The van der Waals surface area contributed by atoms with Crippen molar-refractivity contribution in [3.05, 3.63) is 28.3 Å². The van der Waals surface area contributed by atoms with Gasteiger partial charge in [-0.25, -0.2) is 8.42 Å². The molecule has 7 heteroatoms. The number of nitrogens with zero attached hydrogens (tertiary/aromatic N) is 1. The molecule has 0 amide bonds. The van der Waals surface area contributed by atoms with Crippen LogP contribution in [0.25, 0.3) is 0 Å². The van der Waals surface area contributed by atoms with Crippen molar-refractivity contribution in [2.45, 2.75) is 4.90 Å². The average molecular weight is 231 g/mol. The van der Waals surface area contributed by atoms with Gasteiger partial charge in [-0.15, -0.1) is 0 Å². The SMILES string of the molecule is COc1ccc([N+](=O)[O-])c(S(C)(=O)=O)c1. The van der Waals surface area contributed by atoms with Crippen LogP contribution < -0.4 is 4.74 Å². The lowest BCUT2D eigenvalue weighted by Crippen LogP contribution is -2.03. The Balaban J connectivity index is 3.50. The van der Waals surface area contributed by atoms with Crippen molar-refractivity contribution in [1.82, 2.24) is 0 Å². The molecule has 0 atom stereocenters. The highest BCUT2D eigenvalue weighted by molar-refractivity contribution is 7.90. The van der Waals surface area contributed by atoms with Crippen LogP contribution in [0.3, 0.4) is 0 Å². The second-order valence-corrected chi connectivity index (χ2v) is 4.85. The largest absolute Gasteiger partial charge is 0.497 e. The second-order valence-electron chi connectivity index (χ2n) is 2.86. The van der Waals surface area contributed by atoms with Crippen molar-refractivity contribution in [2.75, 3.05) is 13.4 Å². The summed E-state index contributed by atoms with van der Waals surface area (Å²) in [6, 6.07) is 3.58. The average Bonchev–Trinajstić information content (AvgIpc) is 2.15. The standard InChI is InChI=1S/C8H9NO5S/c1-14-6-3-4-7(9(10)11)8(5-6)15(2,12)13/h3-5H,1-2H3. The first kappa shape index (κ1) is 11.4. The summed E-state index contributed by atoms with van der Waals surface area (Å²) in [5.41, 5.74) is -0.446. The second kappa shape index (κ2) is 3.85. The summed E-state index contributed by atoms with van der Waals surface area (Å²) in [4.78, 5) is 9.49. The van der Waals surface area contributed by atoms with Crippen LogP contribution >= 0.6 is 0 Å². The summed E-state index contributed by atoms with van der Waals surface area (Å²) >= 11 is 0. The molecule has 0 heterocycles. The van der Waals surface area contributed by atoms with Crippen molar-refractivity contribution >= 4 is 15.5 Å². The normalized spacial score (nSPS) is 11.1. The molecule has 1 rings (SSSR count). The Hall–Kier alpha value is -1.63. The van der Waals surface area contributed by atoms with Gasteiger partial charge in [0, 0.05) is 18.4 Å². The van der Waals surface area contributed by atoms with E-state index in [-0.39, 0.29) is 10.6 Å². The highest BCUT2D eigenvalue weighted by Crippen LogP contribution is 2.27. The number of hydrogen-bond acceptors (Lipinski definition) is 5. The number of benzene rings is 1. The minimum atomic E-state index is -3.63. The zero-order chi connectivity index (χ0) is 11.6. The van der Waals surface area contributed by atoms with E-state index >= 15 is 0 Å². The molecule has 0 saturated carbocycles. The van der Waals surface area contributed by atoms with Gasteiger partial charge in [0.25, 0.3) is 5.69 Å². The molecule has 1 aromatic carbocycles. The quantitative estimate of drug-likeness (QED) is 0.572. The summed E-state index contributed by atoms with van der Waals surface area (Å²) in [6.07, 6.45) is 0.911. The van der Waals surface area contributed by atoms with Crippen LogP contribution in [-0.4, -0.2) is 26.7 Å². The number of methoxy groups -OCH3 is 1. The van der Waals surface area contributed by atoms with Gasteiger partial charge in [0.15, 0.2) is 9.84 Å². The molecule has 0 aliphatic carbocycles. The molecule has 0 fully saturated rings. The smallest absolute Gasteiger partial charge is 0.288 e. The first-order valence-corrected chi connectivity index (χ1v) is 5.78. The minimum Gasteiger partial charge on any atom is -0.497 e. The van der Waals surface area contributed by atoms with E-state index in [2.05, 4.69) is 0 Å². The summed E-state index contributed by atoms with van der Waals surface area (Å²) in [5.74, 6) is 0.265. The third kappa shape index (κ3) is 2.44. The summed E-state index contributed by atoms with van der Waals surface area (Å²) in [7, 11) is -2.28. The van der Waals surface area contributed by atoms with E-state index in [1.165, 1.54) is 13.2 Å². The Morgan fingerprint density at radius 1 is 1.40 bits per heavy atom. The molecule has 6 nitrogen and oxygen atoms in total. The Morgan fingerprint density at radius 3 is 2.40 bits per heavy atom. The first-order valence-electron chi connectivity index (χ1n) is 3.88. The molecule has 0 N–H and O–H groups in total. The minimum absolute atomic E-state index is 0.265. The third-order valence-corrected chi connectivity index (χ3v) is 2.89. The molecule has 0 saturated heterocycles. The lowest BCUT2D eigenvalue weighted by molar-refractivity contribution is -0.387. The number of sulfone groups is 1. The number of nitro groups is 1. The van der Waals surface area contributed by atoms with Gasteiger partial charge < -0.3 is 4.74 Å². The summed E-state index contributed by atoms with van der Waals surface area (Å²) < 4.78 is 27.3. The molecule has 0 aliphatic heterocycles. The van der Waals surface area contributed by atoms with Gasteiger partial charge in [-0.2, -0.15) is 0 Å². The Labute approximate surface area is 86.6 Å². The van der Waals surface area contributed by atoms with E-state index in [1.807, 2.05) is 0 Å². The molecule has 0 aromatic heterocycles. The fourth-order valence-electron chi connectivity index (χ4n) is 1.07. The van der Waals surface area contributed by atoms with Gasteiger partial charge >= 0.3 is 0 Å². The third-order valence-electron chi connectivity index (χ3n) is 1.76. The van der Waals surface area contributed by atoms with Crippen molar-refractivity contribution in [1.29, 1.82) is 0 Å². The monoisotopic (exact) mass is 231 g/mol. The topological polar surface area (TPSA) is 86.5 Å². The highest BCUT2D eigenvalue weighted by Gasteiger charge is 2.22. The number of ether oxygens (including phenoxy) is 1.